The van der Waals surface area contributed by atoms with E-state index in [1.165, 1.54) is 72.0 Å². The molecule has 0 aromatic heterocycles. The van der Waals surface area contributed by atoms with Gasteiger partial charge in [-0.15, -0.1) is 0 Å². The summed E-state index contributed by atoms with van der Waals surface area (Å²) in [5.74, 6) is 0.481. The van der Waals surface area contributed by atoms with E-state index in [0.717, 1.165) is 27.6 Å². The van der Waals surface area contributed by atoms with E-state index in [0.29, 0.717) is 12.3 Å². The number of rotatable bonds is 9. The Balaban J connectivity index is 1.08. The normalized spacial score (nSPS) is 13.2. The van der Waals surface area contributed by atoms with E-state index in [-0.39, 0.29) is 0 Å². The molecule has 1 aliphatic rings. The number of aliphatic imine (C=N–C) groups is 1. The molecule has 0 saturated carbocycles. The second kappa shape index (κ2) is 16.1. The lowest BCUT2D eigenvalue weighted by atomic mass is 9.66. The van der Waals surface area contributed by atoms with E-state index < -0.39 is 5.41 Å². The van der Waals surface area contributed by atoms with Gasteiger partial charge in [0.25, 0.3) is 0 Å². The number of benzene rings is 10. The van der Waals surface area contributed by atoms with Gasteiger partial charge in [-0.1, -0.05) is 237 Å². The Morgan fingerprint density at radius 1 is 0.444 bits per heavy atom. The predicted octanol–water partition coefficient (Wildman–Crippen LogP) is 14.7. The van der Waals surface area contributed by atoms with E-state index in [1.54, 1.807) is 0 Å². The lowest BCUT2D eigenvalue weighted by Gasteiger charge is -2.35. The summed E-state index contributed by atoms with van der Waals surface area (Å²) in [5, 5.41) is 4.76. The average Bonchev–Trinajstić information content (AvgIpc) is 3.67. The van der Waals surface area contributed by atoms with Crippen LogP contribution in [-0.4, -0.2) is 5.84 Å². The molecule has 10 aromatic carbocycles. The molecule has 0 radical (unpaired) electrons. The van der Waals surface area contributed by atoms with Gasteiger partial charge >= 0.3 is 0 Å². The third-order valence-corrected chi connectivity index (χ3v) is 12.8. The molecular formula is C61H44N2. The van der Waals surface area contributed by atoms with Gasteiger partial charge in [-0.05, 0) is 95.2 Å². The summed E-state index contributed by atoms with van der Waals surface area (Å²) < 4.78 is 0. The molecule has 2 nitrogen and oxygen atoms in total. The summed E-state index contributed by atoms with van der Waals surface area (Å²) in [6.45, 7) is 0. The number of amidine groups is 1. The van der Waals surface area contributed by atoms with Crippen molar-refractivity contribution in [1.29, 1.82) is 0 Å². The van der Waals surface area contributed by atoms with Gasteiger partial charge in [0.05, 0.1) is 11.1 Å². The fourth-order valence-corrected chi connectivity index (χ4v) is 9.97. The van der Waals surface area contributed by atoms with Crippen molar-refractivity contribution >= 4 is 33.1 Å². The first-order valence-electron chi connectivity index (χ1n) is 21.7. The molecule has 298 valence electrons. The third kappa shape index (κ3) is 6.65. The lowest BCUT2D eigenvalue weighted by molar-refractivity contribution is 0.770. The molecule has 10 aromatic rings. The van der Waals surface area contributed by atoms with Gasteiger partial charge < -0.3 is 5.73 Å². The first-order valence-corrected chi connectivity index (χ1v) is 21.7. The third-order valence-electron chi connectivity index (χ3n) is 12.8. The van der Waals surface area contributed by atoms with Gasteiger partial charge in [-0.3, -0.25) is 0 Å². The molecule has 0 unspecified atom stereocenters. The fraction of sp³-hybridized carbons (Fsp3) is 0.0328. The van der Waals surface area contributed by atoms with Gasteiger partial charge in [-0.2, -0.15) is 0 Å². The second-order valence-electron chi connectivity index (χ2n) is 16.4. The Hall–Kier alpha value is -8.07. The molecule has 0 aliphatic heterocycles. The maximum absolute atomic E-state index is 6.87. The van der Waals surface area contributed by atoms with Crippen molar-refractivity contribution in [2.45, 2.75) is 11.8 Å². The largest absolute Gasteiger partial charge is 0.383 e. The van der Waals surface area contributed by atoms with E-state index in [9.17, 15) is 0 Å². The Kier molecular flexibility index (Phi) is 9.67. The highest BCUT2D eigenvalue weighted by molar-refractivity contribution is 6.07. The van der Waals surface area contributed by atoms with Crippen molar-refractivity contribution in [3.05, 3.63) is 282 Å². The molecule has 0 fully saturated rings. The predicted molar refractivity (Wildman–Crippen MR) is 265 cm³/mol. The van der Waals surface area contributed by atoms with Crippen molar-refractivity contribution in [2.24, 2.45) is 10.7 Å². The van der Waals surface area contributed by atoms with Crippen LogP contribution in [0, 0.1) is 0 Å². The summed E-state index contributed by atoms with van der Waals surface area (Å²) in [6, 6.07) is 85.3. The quantitative estimate of drug-likeness (QED) is 0.115. The SMILES string of the molecule is NC(=N/C(=C\Cc1cccc(-c2ccc3ccccc3c2)c1)c1ccc(-c2cccc3c2C(c2ccccc2)(c2ccccc2)c2ccccc2-3)c2ccccc12)c1ccccc1. The minimum Gasteiger partial charge on any atom is -0.383 e. The van der Waals surface area contributed by atoms with Gasteiger partial charge in [0.15, 0.2) is 0 Å². The molecular weight excluding hydrogens is 761 g/mol. The van der Waals surface area contributed by atoms with Gasteiger partial charge in [-0.25, -0.2) is 4.99 Å². The molecule has 2 N–H and O–H groups in total. The van der Waals surface area contributed by atoms with Crippen LogP contribution in [-0.2, 0) is 11.8 Å². The number of nitrogens with two attached hydrogens (primary N) is 1. The van der Waals surface area contributed by atoms with Crippen LogP contribution >= 0.6 is 0 Å². The monoisotopic (exact) mass is 804 g/mol. The smallest absolute Gasteiger partial charge is 0.131 e. The van der Waals surface area contributed by atoms with Crippen molar-refractivity contribution < 1.29 is 0 Å². The lowest BCUT2D eigenvalue weighted by Crippen LogP contribution is -2.29. The van der Waals surface area contributed by atoms with E-state index in [2.05, 4.69) is 212 Å². The average molecular weight is 805 g/mol. The standard InChI is InChI=1S/C61H44N2/c62-60(44-20-4-1-5-21-44)63-58(39-34-42-18-16-23-45(40-42)47-36-35-43-19-10-11-22-46(43)41-47)54-38-37-52(50-28-12-13-29-51(50)54)55-31-17-32-56-53-30-14-15-33-57(53)61(59(55)56,48-24-6-2-7-25-48)49-26-8-3-9-27-49/h1-33,35-41H,34H2,(H2,62,63)/b58-39-. The zero-order valence-electron chi connectivity index (χ0n) is 34.8. The van der Waals surface area contributed by atoms with E-state index in [1.807, 2.05) is 30.3 Å². The Labute approximate surface area is 369 Å². The van der Waals surface area contributed by atoms with Crippen LogP contribution in [0.1, 0.15) is 38.9 Å². The van der Waals surface area contributed by atoms with Crippen LogP contribution in [0.4, 0.5) is 0 Å². The van der Waals surface area contributed by atoms with E-state index in [4.69, 9.17) is 10.7 Å². The summed E-state index contributed by atoms with van der Waals surface area (Å²) >= 11 is 0. The Morgan fingerprint density at radius 2 is 1.03 bits per heavy atom. The van der Waals surface area contributed by atoms with Crippen molar-refractivity contribution in [3.8, 4) is 33.4 Å². The second-order valence-corrected chi connectivity index (χ2v) is 16.4. The first kappa shape index (κ1) is 37.9. The van der Waals surface area contributed by atoms with Crippen LogP contribution in [0.25, 0.3) is 60.6 Å². The molecule has 2 heteroatoms. The van der Waals surface area contributed by atoms with Gasteiger partial charge in [0.1, 0.15) is 5.84 Å². The highest BCUT2D eigenvalue weighted by atomic mass is 14.9. The van der Waals surface area contributed by atoms with Crippen LogP contribution < -0.4 is 5.73 Å². The summed E-state index contributed by atoms with van der Waals surface area (Å²) in [5.41, 5.74) is 22.7. The fourth-order valence-electron chi connectivity index (χ4n) is 9.97. The molecule has 0 bridgehead atoms. The molecule has 63 heavy (non-hydrogen) atoms. The number of hydrogen-bond acceptors (Lipinski definition) is 1. The first-order chi connectivity index (χ1) is 31.2. The molecule has 1 aliphatic carbocycles. The minimum atomic E-state index is -0.536. The van der Waals surface area contributed by atoms with Gasteiger partial charge in [0, 0.05) is 11.1 Å². The molecule has 0 spiro atoms. The Bertz CT molecular complexity index is 3320. The number of fused-ring (bicyclic) bond motifs is 5. The zero-order valence-corrected chi connectivity index (χ0v) is 34.8. The van der Waals surface area contributed by atoms with Crippen LogP contribution in [0.3, 0.4) is 0 Å². The van der Waals surface area contributed by atoms with Crippen molar-refractivity contribution in [1.82, 2.24) is 0 Å². The molecule has 0 atom stereocenters. The summed E-state index contributed by atoms with van der Waals surface area (Å²) in [4.78, 5) is 5.24. The maximum Gasteiger partial charge on any atom is 0.131 e. The summed E-state index contributed by atoms with van der Waals surface area (Å²) in [6.07, 6.45) is 2.92. The molecule has 11 rings (SSSR count). The van der Waals surface area contributed by atoms with Gasteiger partial charge in [0.2, 0.25) is 0 Å². The number of allylic oxidation sites excluding steroid dienone is 1. The van der Waals surface area contributed by atoms with E-state index >= 15 is 0 Å². The highest BCUT2D eigenvalue weighted by Gasteiger charge is 2.47. The zero-order chi connectivity index (χ0) is 42.2. The highest BCUT2D eigenvalue weighted by Crippen LogP contribution is 2.59. The van der Waals surface area contributed by atoms with Crippen molar-refractivity contribution in [3.63, 3.8) is 0 Å². The van der Waals surface area contributed by atoms with Crippen LogP contribution in [0.15, 0.2) is 248 Å². The van der Waals surface area contributed by atoms with Crippen molar-refractivity contribution in [2.75, 3.05) is 0 Å². The molecule has 0 amide bonds. The summed E-state index contributed by atoms with van der Waals surface area (Å²) in [7, 11) is 0. The maximum atomic E-state index is 6.87. The number of nitrogens with zero attached hydrogens (tertiary/aromatic N) is 1. The topological polar surface area (TPSA) is 38.4 Å². The minimum absolute atomic E-state index is 0.481. The van der Waals surface area contributed by atoms with Crippen LogP contribution in [0.2, 0.25) is 0 Å². The Morgan fingerprint density at radius 3 is 1.79 bits per heavy atom. The van der Waals surface area contributed by atoms with Crippen LogP contribution in [0.5, 0.6) is 0 Å². The number of hydrogen-bond donors (Lipinski definition) is 1. The molecule has 0 heterocycles. The molecule has 0 saturated heterocycles.